The minimum absolute atomic E-state index is 0.00442. The van der Waals surface area contributed by atoms with Crippen LogP contribution in [0.5, 0.6) is 0 Å². The molecule has 0 saturated heterocycles. The Morgan fingerprint density at radius 3 is 2.07 bits per heavy atom. The highest BCUT2D eigenvalue weighted by Gasteiger charge is 2.24. The van der Waals surface area contributed by atoms with Crippen LogP contribution in [-0.2, 0) is 28.8 Å². The molecule has 0 spiro atoms. The van der Waals surface area contributed by atoms with Crippen molar-refractivity contribution in [3.05, 3.63) is 0 Å². The van der Waals surface area contributed by atoms with Crippen LogP contribution in [0, 0.1) is 5.92 Å². The molecular formula is C16H25N3O9S2. The van der Waals surface area contributed by atoms with E-state index >= 15 is 0 Å². The molecule has 0 heterocycles. The maximum atomic E-state index is 12.2. The molecule has 0 aromatic carbocycles. The first-order chi connectivity index (χ1) is 13.9. The molecule has 170 valence electrons. The van der Waals surface area contributed by atoms with E-state index in [9.17, 15) is 28.8 Å². The zero-order chi connectivity index (χ0) is 23.3. The normalized spacial score (nSPS) is 13.5. The van der Waals surface area contributed by atoms with E-state index in [1.54, 1.807) is 0 Å². The third-order valence-corrected chi connectivity index (χ3v) is 6.06. The number of hydrogen-bond donors (Lipinski definition) is 6. The van der Waals surface area contributed by atoms with Gasteiger partial charge in [-0.25, -0.2) is 4.79 Å². The zero-order valence-electron chi connectivity index (χ0n) is 16.2. The summed E-state index contributed by atoms with van der Waals surface area (Å²) in [5.41, 5.74) is 5.34. The molecule has 12 nitrogen and oxygen atoms in total. The minimum Gasteiger partial charge on any atom is -0.480 e. The van der Waals surface area contributed by atoms with Crippen molar-refractivity contribution in [3.8, 4) is 0 Å². The average Bonchev–Trinajstić information content (AvgIpc) is 2.64. The average molecular weight is 468 g/mol. The van der Waals surface area contributed by atoms with Crippen LogP contribution in [0.2, 0.25) is 0 Å². The van der Waals surface area contributed by atoms with Crippen molar-refractivity contribution in [1.29, 1.82) is 0 Å². The molecule has 0 radical (unpaired) electrons. The van der Waals surface area contributed by atoms with E-state index in [2.05, 4.69) is 10.6 Å². The van der Waals surface area contributed by atoms with E-state index in [0.29, 0.717) is 0 Å². The standard InChI is InChI=1S/C16H25N3O9S2/c1-8(20)19-12(16(27)28)7-30-29-6-9(14(24)18-5-13(22)23)4-10(21)2-3-11(17)15(25)26/h9,11-12H,2-7,17H2,1H3,(H,18,24)(H,19,20)(H,22,23)(H,25,26)(H,27,28). The van der Waals surface area contributed by atoms with E-state index in [-0.39, 0.29) is 30.8 Å². The number of nitrogens with two attached hydrogens (primary N) is 1. The highest BCUT2D eigenvalue weighted by Crippen LogP contribution is 2.26. The molecule has 7 N–H and O–H groups in total. The highest BCUT2D eigenvalue weighted by atomic mass is 33.1. The maximum absolute atomic E-state index is 12.2. The summed E-state index contributed by atoms with van der Waals surface area (Å²) >= 11 is 0. The lowest BCUT2D eigenvalue weighted by molar-refractivity contribution is -0.141. The van der Waals surface area contributed by atoms with Gasteiger partial charge in [0.05, 0.1) is 5.92 Å². The van der Waals surface area contributed by atoms with Crippen molar-refractivity contribution < 1.29 is 44.1 Å². The van der Waals surface area contributed by atoms with Gasteiger partial charge in [-0.3, -0.25) is 24.0 Å². The predicted molar refractivity (Wildman–Crippen MR) is 109 cm³/mol. The van der Waals surface area contributed by atoms with Crippen LogP contribution in [0.4, 0.5) is 0 Å². The van der Waals surface area contributed by atoms with Gasteiger partial charge >= 0.3 is 17.9 Å². The summed E-state index contributed by atoms with van der Waals surface area (Å²) in [6, 6.07) is -2.33. The van der Waals surface area contributed by atoms with Gasteiger partial charge < -0.3 is 31.7 Å². The summed E-state index contributed by atoms with van der Waals surface area (Å²) in [5.74, 6) is -6.15. The fraction of sp³-hybridized carbons (Fsp3) is 0.625. The minimum atomic E-state index is -1.26. The fourth-order valence-corrected chi connectivity index (χ4v) is 4.48. The second-order valence-electron chi connectivity index (χ2n) is 6.20. The summed E-state index contributed by atoms with van der Waals surface area (Å²) in [7, 11) is 2.16. The Kier molecular flexibility index (Phi) is 13.5. The predicted octanol–water partition coefficient (Wildman–Crippen LogP) is -1.07. The summed E-state index contributed by atoms with van der Waals surface area (Å²) in [6.45, 7) is 0.549. The van der Waals surface area contributed by atoms with E-state index in [0.717, 1.165) is 21.6 Å². The topological polar surface area (TPSA) is 213 Å². The lowest BCUT2D eigenvalue weighted by Crippen LogP contribution is -2.41. The number of carboxylic acid groups (broad SMARTS) is 3. The van der Waals surface area contributed by atoms with E-state index in [1.807, 2.05) is 0 Å². The lowest BCUT2D eigenvalue weighted by atomic mass is 9.99. The van der Waals surface area contributed by atoms with Gasteiger partial charge in [-0.2, -0.15) is 0 Å². The van der Waals surface area contributed by atoms with Crippen molar-refractivity contribution in [2.24, 2.45) is 11.7 Å². The molecule has 2 amide bonds. The van der Waals surface area contributed by atoms with Crippen molar-refractivity contribution >= 4 is 57.1 Å². The number of aliphatic carboxylic acids is 3. The Bertz CT molecular complexity index is 660. The third kappa shape index (κ3) is 13.0. The van der Waals surface area contributed by atoms with Crippen molar-refractivity contribution in [1.82, 2.24) is 10.6 Å². The van der Waals surface area contributed by atoms with Crippen LogP contribution in [0.15, 0.2) is 0 Å². The fourth-order valence-electron chi connectivity index (χ4n) is 2.02. The van der Waals surface area contributed by atoms with E-state index in [4.69, 9.17) is 21.1 Å². The van der Waals surface area contributed by atoms with E-state index < -0.39 is 60.1 Å². The number of carbonyl (C=O) groups is 6. The molecule has 0 aromatic heterocycles. The van der Waals surface area contributed by atoms with Crippen molar-refractivity contribution in [2.75, 3.05) is 18.1 Å². The number of carboxylic acids is 3. The number of rotatable bonds is 16. The molecule has 0 aliphatic heterocycles. The Balaban J connectivity index is 4.76. The summed E-state index contributed by atoms with van der Waals surface area (Å²) in [4.78, 5) is 67.7. The molecule has 30 heavy (non-hydrogen) atoms. The monoisotopic (exact) mass is 467 g/mol. The van der Waals surface area contributed by atoms with Crippen molar-refractivity contribution in [2.45, 2.75) is 38.3 Å². The lowest BCUT2D eigenvalue weighted by Gasteiger charge is -2.16. The first-order valence-corrected chi connectivity index (χ1v) is 11.2. The number of ketones is 1. The van der Waals surface area contributed by atoms with Gasteiger partial charge in [-0.15, -0.1) is 0 Å². The van der Waals surface area contributed by atoms with Crippen molar-refractivity contribution in [3.63, 3.8) is 0 Å². The van der Waals surface area contributed by atoms with Crippen LogP contribution in [0.1, 0.15) is 26.2 Å². The largest absolute Gasteiger partial charge is 0.480 e. The molecule has 14 heteroatoms. The molecule has 0 aliphatic rings. The Morgan fingerprint density at radius 1 is 0.967 bits per heavy atom. The highest BCUT2D eigenvalue weighted by molar-refractivity contribution is 8.76. The smallest absolute Gasteiger partial charge is 0.327 e. The summed E-state index contributed by atoms with van der Waals surface area (Å²) < 4.78 is 0. The van der Waals surface area contributed by atoms with Gasteiger partial charge in [0.15, 0.2) is 0 Å². The van der Waals surface area contributed by atoms with Crippen LogP contribution in [-0.4, -0.2) is 81.0 Å². The Labute approximate surface area is 180 Å². The van der Waals surface area contributed by atoms with Crippen LogP contribution >= 0.6 is 21.6 Å². The quantitative estimate of drug-likeness (QED) is 0.118. The Hall–Kier alpha value is -2.32. The van der Waals surface area contributed by atoms with Gasteiger partial charge in [0, 0.05) is 31.3 Å². The molecule has 0 rings (SSSR count). The van der Waals surface area contributed by atoms with Gasteiger partial charge in [0.2, 0.25) is 11.8 Å². The molecule has 0 saturated carbocycles. The number of carbonyl (C=O) groups excluding carboxylic acids is 3. The van der Waals surface area contributed by atoms with Crippen LogP contribution in [0.3, 0.4) is 0 Å². The molecular weight excluding hydrogens is 442 g/mol. The van der Waals surface area contributed by atoms with Gasteiger partial charge in [-0.1, -0.05) is 21.6 Å². The first kappa shape index (κ1) is 27.7. The molecule has 3 unspecified atom stereocenters. The number of nitrogens with one attached hydrogen (secondary N) is 2. The first-order valence-electron chi connectivity index (χ1n) is 8.67. The maximum Gasteiger partial charge on any atom is 0.327 e. The second-order valence-corrected chi connectivity index (χ2v) is 8.75. The Morgan fingerprint density at radius 2 is 1.57 bits per heavy atom. The number of amides is 2. The van der Waals surface area contributed by atoms with Gasteiger partial charge in [0.1, 0.15) is 24.4 Å². The zero-order valence-corrected chi connectivity index (χ0v) is 17.8. The number of Topliss-reactive ketones (excluding diaryl/α,β-unsaturated/α-hetero) is 1. The molecule has 0 bridgehead atoms. The molecule has 0 aromatic rings. The molecule has 0 aliphatic carbocycles. The van der Waals surface area contributed by atoms with Crippen LogP contribution in [0.25, 0.3) is 0 Å². The molecule has 0 fully saturated rings. The van der Waals surface area contributed by atoms with E-state index in [1.165, 1.54) is 6.92 Å². The SMILES string of the molecule is CC(=O)NC(CSSCC(CC(=O)CCC(N)C(=O)O)C(=O)NCC(=O)O)C(=O)O. The summed E-state index contributed by atoms with van der Waals surface area (Å²) in [6.07, 6.45) is -0.506. The third-order valence-electron chi connectivity index (χ3n) is 3.57. The number of hydrogen-bond acceptors (Lipinski definition) is 9. The molecule has 3 atom stereocenters. The van der Waals surface area contributed by atoms with Gasteiger partial charge in [0.25, 0.3) is 0 Å². The van der Waals surface area contributed by atoms with Crippen LogP contribution < -0.4 is 16.4 Å². The summed E-state index contributed by atoms with van der Waals surface area (Å²) in [5, 5.41) is 30.9. The second kappa shape index (κ2) is 14.6. The van der Waals surface area contributed by atoms with Gasteiger partial charge in [-0.05, 0) is 6.42 Å².